The lowest BCUT2D eigenvalue weighted by Crippen LogP contribution is -2.22. The van der Waals surface area contributed by atoms with Crippen LogP contribution in [0.1, 0.15) is 16.8 Å². The summed E-state index contributed by atoms with van der Waals surface area (Å²) in [5, 5.41) is 8.76. The van der Waals surface area contributed by atoms with Crippen LogP contribution < -0.4 is 0 Å². The minimum atomic E-state index is 0.651. The van der Waals surface area contributed by atoms with Crippen molar-refractivity contribution in [1.82, 2.24) is 9.55 Å². The van der Waals surface area contributed by atoms with E-state index in [2.05, 4.69) is 15.6 Å². The average Bonchev–Trinajstić information content (AvgIpc) is 2.87. The minimum absolute atomic E-state index is 0.651. The molecule has 0 aliphatic carbocycles. The first-order chi connectivity index (χ1) is 8.38. The Kier molecular flexibility index (Phi) is 2.39. The van der Waals surface area contributed by atoms with E-state index in [1.807, 2.05) is 18.5 Å². The summed E-state index contributed by atoms with van der Waals surface area (Å²) < 4.78 is 7.76. The van der Waals surface area contributed by atoms with E-state index in [1.165, 1.54) is 0 Å². The summed E-state index contributed by atoms with van der Waals surface area (Å²) in [6.07, 6.45) is 4.44. The molecule has 1 aromatic heterocycles. The number of ether oxygens (including phenoxy) is 1. The largest absolute Gasteiger partial charge is 0.358 e. The van der Waals surface area contributed by atoms with Crippen LogP contribution in [0.15, 0.2) is 36.8 Å². The van der Waals surface area contributed by atoms with Crippen molar-refractivity contribution in [3.05, 3.63) is 59.7 Å². The number of nitrogens with zero attached hydrogens (tertiary/aromatic N) is 3. The first-order valence-corrected chi connectivity index (χ1v) is 5.39. The molecule has 1 aromatic carbocycles. The Morgan fingerprint density at radius 3 is 2.88 bits per heavy atom. The molecule has 17 heavy (non-hydrogen) atoms. The Morgan fingerprint density at radius 1 is 1.29 bits per heavy atom. The van der Waals surface area contributed by atoms with Crippen LogP contribution >= 0.6 is 0 Å². The zero-order chi connectivity index (χ0) is 11.7. The number of aromatic nitrogens is 2. The first-order valence-electron chi connectivity index (χ1n) is 5.39. The van der Waals surface area contributed by atoms with Gasteiger partial charge in [-0.3, -0.25) is 0 Å². The standard InChI is InChI=1S/C13H10N3O/c14-7-10-1-3-11(4-2-10)13-12-8-15-9-16(12)5-6-17-13/h1-4,8-9H,5-6H2. The highest BCUT2D eigenvalue weighted by Crippen LogP contribution is 2.27. The highest BCUT2D eigenvalue weighted by molar-refractivity contribution is 5.42. The van der Waals surface area contributed by atoms with E-state index in [4.69, 9.17) is 10.00 Å². The second kappa shape index (κ2) is 4.04. The van der Waals surface area contributed by atoms with Gasteiger partial charge in [-0.15, -0.1) is 0 Å². The summed E-state index contributed by atoms with van der Waals surface area (Å²) in [5.74, 6) is 0. The summed E-state index contributed by atoms with van der Waals surface area (Å²) in [5.41, 5.74) is 2.62. The smallest absolute Gasteiger partial charge is 0.173 e. The molecule has 0 N–H and O–H groups in total. The molecule has 0 atom stereocenters. The summed E-state index contributed by atoms with van der Waals surface area (Å²) >= 11 is 0. The second-order valence-corrected chi connectivity index (χ2v) is 3.84. The lowest BCUT2D eigenvalue weighted by molar-refractivity contribution is 0.139. The molecule has 2 aromatic rings. The molecule has 1 aliphatic rings. The van der Waals surface area contributed by atoms with E-state index < -0.39 is 0 Å². The Bertz CT molecular complexity index is 565. The van der Waals surface area contributed by atoms with Gasteiger partial charge in [0.2, 0.25) is 0 Å². The molecule has 4 heteroatoms. The normalized spacial score (nSPS) is 15.2. The molecule has 0 bridgehead atoms. The van der Waals surface area contributed by atoms with Crippen LogP contribution in [-0.2, 0) is 11.3 Å². The van der Waals surface area contributed by atoms with Crippen molar-refractivity contribution < 1.29 is 4.74 Å². The molecule has 0 amide bonds. The van der Waals surface area contributed by atoms with Gasteiger partial charge >= 0.3 is 0 Å². The average molecular weight is 224 g/mol. The Balaban J connectivity index is 1.98. The molecular formula is C13H10N3O. The number of fused-ring (bicyclic) bond motifs is 1. The summed E-state index contributed by atoms with van der Waals surface area (Å²) in [4.78, 5) is 4.12. The molecule has 4 nitrogen and oxygen atoms in total. The second-order valence-electron chi connectivity index (χ2n) is 3.84. The first kappa shape index (κ1) is 10.1. The summed E-state index contributed by atoms with van der Waals surface area (Å²) in [6.45, 7) is 1.48. The van der Waals surface area contributed by atoms with E-state index in [-0.39, 0.29) is 0 Å². The quantitative estimate of drug-likeness (QED) is 0.741. The van der Waals surface area contributed by atoms with Crippen molar-refractivity contribution in [2.24, 2.45) is 0 Å². The van der Waals surface area contributed by atoms with Gasteiger partial charge in [-0.25, -0.2) is 4.98 Å². The third-order valence-corrected chi connectivity index (χ3v) is 2.80. The number of hydrogen-bond donors (Lipinski definition) is 0. The van der Waals surface area contributed by atoms with Gasteiger partial charge in [0.15, 0.2) is 6.10 Å². The third-order valence-electron chi connectivity index (χ3n) is 2.80. The van der Waals surface area contributed by atoms with Crippen LogP contribution in [0.4, 0.5) is 0 Å². The van der Waals surface area contributed by atoms with E-state index in [9.17, 15) is 0 Å². The van der Waals surface area contributed by atoms with Crippen molar-refractivity contribution >= 4 is 0 Å². The fourth-order valence-electron chi connectivity index (χ4n) is 1.94. The van der Waals surface area contributed by atoms with Gasteiger partial charge in [0.25, 0.3) is 0 Å². The molecular weight excluding hydrogens is 214 g/mol. The highest BCUT2D eigenvalue weighted by Gasteiger charge is 2.24. The van der Waals surface area contributed by atoms with Gasteiger partial charge in [-0.1, -0.05) is 12.1 Å². The van der Waals surface area contributed by atoms with Crippen LogP contribution in [-0.4, -0.2) is 16.2 Å². The molecule has 2 heterocycles. The van der Waals surface area contributed by atoms with E-state index in [0.29, 0.717) is 12.2 Å². The molecule has 83 valence electrons. The maximum atomic E-state index is 8.76. The summed E-state index contributed by atoms with van der Waals surface area (Å²) in [6, 6.07) is 9.49. The fraction of sp³-hybridized carbons (Fsp3) is 0.154. The lowest BCUT2D eigenvalue weighted by atomic mass is 10.0. The molecule has 0 saturated carbocycles. The van der Waals surface area contributed by atoms with Gasteiger partial charge in [-0.2, -0.15) is 5.26 Å². The van der Waals surface area contributed by atoms with Crippen LogP contribution in [0.25, 0.3) is 0 Å². The predicted octanol–water partition coefficient (Wildman–Crippen LogP) is 1.71. The predicted molar refractivity (Wildman–Crippen MR) is 60.8 cm³/mol. The monoisotopic (exact) mass is 224 g/mol. The number of rotatable bonds is 1. The zero-order valence-electron chi connectivity index (χ0n) is 9.13. The molecule has 0 unspecified atom stereocenters. The number of imidazole rings is 1. The maximum Gasteiger partial charge on any atom is 0.173 e. The lowest BCUT2D eigenvalue weighted by Gasteiger charge is -2.23. The van der Waals surface area contributed by atoms with E-state index in [1.54, 1.807) is 18.3 Å². The number of hydrogen-bond acceptors (Lipinski definition) is 3. The van der Waals surface area contributed by atoms with Gasteiger partial charge < -0.3 is 9.30 Å². The van der Waals surface area contributed by atoms with E-state index in [0.717, 1.165) is 23.9 Å². The van der Waals surface area contributed by atoms with Crippen molar-refractivity contribution in [3.8, 4) is 6.07 Å². The molecule has 0 saturated heterocycles. The van der Waals surface area contributed by atoms with Crippen LogP contribution in [0.2, 0.25) is 0 Å². The third kappa shape index (κ3) is 1.71. The van der Waals surface area contributed by atoms with Gasteiger partial charge in [0, 0.05) is 6.54 Å². The van der Waals surface area contributed by atoms with Gasteiger partial charge in [0.1, 0.15) is 0 Å². The SMILES string of the molecule is N#Cc1ccc([C]2OCCn3cncc32)cc1. The maximum absolute atomic E-state index is 8.76. The Morgan fingerprint density at radius 2 is 2.12 bits per heavy atom. The van der Waals surface area contributed by atoms with Gasteiger partial charge in [0.05, 0.1) is 36.5 Å². The van der Waals surface area contributed by atoms with E-state index >= 15 is 0 Å². The molecule has 0 fully saturated rings. The van der Waals surface area contributed by atoms with Crippen molar-refractivity contribution in [3.63, 3.8) is 0 Å². The van der Waals surface area contributed by atoms with Crippen LogP contribution in [0, 0.1) is 17.4 Å². The van der Waals surface area contributed by atoms with Gasteiger partial charge in [-0.05, 0) is 17.7 Å². The van der Waals surface area contributed by atoms with Crippen LogP contribution in [0.3, 0.4) is 0 Å². The molecule has 1 radical (unpaired) electrons. The number of nitriles is 1. The topological polar surface area (TPSA) is 50.8 Å². The summed E-state index contributed by atoms with van der Waals surface area (Å²) in [7, 11) is 0. The molecule has 1 aliphatic heterocycles. The van der Waals surface area contributed by atoms with Crippen molar-refractivity contribution in [2.75, 3.05) is 6.61 Å². The molecule has 3 rings (SSSR count). The number of benzene rings is 1. The van der Waals surface area contributed by atoms with Crippen molar-refractivity contribution in [1.29, 1.82) is 5.26 Å². The Hall–Kier alpha value is -2.12. The zero-order valence-corrected chi connectivity index (χ0v) is 9.13. The Labute approximate surface area is 99.1 Å². The van der Waals surface area contributed by atoms with Crippen molar-refractivity contribution in [2.45, 2.75) is 6.54 Å². The van der Waals surface area contributed by atoms with Crippen LogP contribution in [0.5, 0.6) is 0 Å². The fourth-order valence-corrected chi connectivity index (χ4v) is 1.94. The minimum Gasteiger partial charge on any atom is -0.358 e. The molecule has 0 spiro atoms. The highest BCUT2D eigenvalue weighted by atomic mass is 16.5.